The van der Waals surface area contributed by atoms with E-state index < -0.39 is 11.9 Å². The molecule has 5 nitrogen and oxygen atoms in total. The lowest BCUT2D eigenvalue weighted by atomic mass is 10.2. The highest BCUT2D eigenvalue weighted by atomic mass is 32.2. The third-order valence-corrected chi connectivity index (χ3v) is 5.41. The van der Waals surface area contributed by atoms with Crippen LogP contribution in [0, 0.1) is 11.8 Å². The monoisotopic (exact) mass is 482 g/mol. The Labute approximate surface area is 208 Å². The van der Waals surface area contributed by atoms with Gasteiger partial charge in [-0.2, -0.15) is 0 Å². The minimum atomic E-state index is -0.511. The number of carbonyl (C=O) groups is 3. The van der Waals surface area contributed by atoms with Gasteiger partial charge in [-0.15, -0.1) is 0 Å². The summed E-state index contributed by atoms with van der Waals surface area (Å²) in [7, 11) is 0. The van der Waals surface area contributed by atoms with Gasteiger partial charge >= 0.3 is 11.9 Å². The summed E-state index contributed by atoms with van der Waals surface area (Å²) in [5.41, 5.74) is 2.69. The fraction of sp³-hybridized carbons (Fsp3) is 0.0690. The molecule has 0 aliphatic rings. The van der Waals surface area contributed by atoms with E-state index in [4.69, 9.17) is 9.47 Å². The highest BCUT2D eigenvalue weighted by molar-refractivity contribution is 8.14. The van der Waals surface area contributed by atoms with E-state index in [0.29, 0.717) is 28.2 Å². The van der Waals surface area contributed by atoms with Crippen LogP contribution in [0.25, 0.3) is 0 Å². The van der Waals surface area contributed by atoms with E-state index in [-0.39, 0.29) is 5.12 Å². The lowest BCUT2D eigenvalue weighted by Gasteiger charge is -2.05. The second kappa shape index (κ2) is 11.7. The van der Waals surface area contributed by atoms with Gasteiger partial charge in [0.05, 0.1) is 0 Å². The predicted octanol–water partition coefficient (Wildman–Crippen LogP) is 5.98. The maximum Gasteiger partial charge on any atom is 0.338 e. The number of esters is 2. The van der Waals surface area contributed by atoms with Crippen molar-refractivity contribution in [1.82, 2.24) is 0 Å². The van der Waals surface area contributed by atoms with Gasteiger partial charge in [-0.05, 0) is 98.4 Å². The second-order valence-corrected chi connectivity index (χ2v) is 8.60. The van der Waals surface area contributed by atoms with Gasteiger partial charge in [-0.1, -0.05) is 25.0 Å². The Morgan fingerprint density at radius 2 is 1.06 bits per heavy atom. The highest BCUT2D eigenvalue weighted by Crippen LogP contribution is 2.24. The molecule has 35 heavy (non-hydrogen) atoms. The summed E-state index contributed by atoms with van der Waals surface area (Å²) < 4.78 is 10.3. The first kappa shape index (κ1) is 25.3. The van der Waals surface area contributed by atoms with Crippen LogP contribution in [-0.4, -0.2) is 17.1 Å². The van der Waals surface area contributed by atoms with Crippen LogP contribution in [0.1, 0.15) is 35.3 Å². The fourth-order valence-corrected chi connectivity index (χ4v) is 3.31. The van der Waals surface area contributed by atoms with Crippen molar-refractivity contribution in [2.45, 2.75) is 18.7 Å². The van der Waals surface area contributed by atoms with Crippen molar-refractivity contribution >= 4 is 28.8 Å². The zero-order valence-corrected chi connectivity index (χ0v) is 20.1. The third kappa shape index (κ3) is 7.60. The molecule has 0 heterocycles. The quantitative estimate of drug-likeness (QED) is 0.141. The molecule has 0 bridgehead atoms. The van der Waals surface area contributed by atoms with Crippen molar-refractivity contribution < 1.29 is 23.9 Å². The van der Waals surface area contributed by atoms with Crippen molar-refractivity contribution in [3.05, 3.63) is 114 Å². The minimum Gasteiger partial charge on any atom is -0.423 e. The van der Waals surface area contributed by atoms with Gasteiger partial charge in [0.15, 0.2) is 0 Å². The maximum atomic E-state index is 12.6. The number of hydrogen-bond acceptors (Lipinski definition) is 6. The average Bonchev–Trinajstić information content (AvgIpc) is 2.84. The molecular weight excluding hydrogens is 460 g/mol. The predicted molar refractivity (Wildman–Crippen MR) is 136 cm³/mol. The second-order valence-electron chi connectivity index (χ2n) is 7.55. The van der Waals surface area contributed by atoms with Gasteiger partial charge in [0.2, 0.25) is 5.12 Å². The van der Waals surface area contributed by atoms with Gasteiger partial charge < -0.3 is 9.47 Å². The molecule has 0 N–H and O–H groups in total. The van der Waals surface area contributed by atoms with Gasteiger partial charge in [-0.25, -0.2) is 9.59 Å². The van der Waals surface area contributed by atoms with Gasteiger partial charge in [0, 0.05) is 32.7 Å². The van der Waals surface area contributed by atoms with Crippen LogP contribution >= 0.6 is 11.8 Å². The van der Waals surface area contributed by atoms with E-state index in [0.717, 1.165) is 27.8 Å². The number of rotatable bonds is 6. The minimum absolute atomic E-state index is 0.131. The average molecular weight is 483 g/mol. The first-order valence-electron chi connectivity index (χ1n) is 10.5. The summed E-state index contributed by atoms with van der Waals surface area (Å²) in [5.74, 6) is 5.92. The normalized spacial score (nSPS) is 9.89. The molecule has 3 aromatic rings. The van der Waals surface area contributed by atoms with Crippen molar-refractivity contribution in [2.75, 3.05) is 0 Å². The molecule has 0 fully saturated rings. The highest BCUT2D eigenvalue weighted by Gasteiger charge is 2.10. The van der Waals surface area contributed by atoms with Crippen molar-refractivity contribution in [3.63, 3.8) is 0 Å². The molecule has 0 saturated heterocycles. The molecule has 0 radical (unpaired) electrons. The Hall–Kier alpha value is -4.34. The molecule has 3 aromatic carbocycles. The fourth-order valence-electron chi connectivity index (χ4n) is 2.57. The Kier molecular flexibility index (Phi) is 8.44. The third-order valence-electron chi connectivity index (χ3n) is 4.48. The van der Waals surface area contributed by atoms with Gasteiger partial charge in [-0.3, -0.25) is 4.79 Å². The number of hydrogen-bond donors (Lipinski definition) is 0. The maximum absolute atomic E-state index is 12.6. The molecule has 0 aromatic heterocycles. The summed E-state index contributed by atoms with van der Waals surface area (Å²) in [6.07, 6.45) is 0. The van der Waals surface area contributed by atoms with Crippen molar-refractivity contribution in [1.29, 1.82) is 0 Å². The Morgan fingerprint density at radius 1 is 0.657 bits per heavy atom. The van der Waals surface area contributed by atoms with Crippen LogP contribution in [0.4, 0.5) is 0 Å². The summed E-state index contributed by atoms with van der Waals surface area (Å²) in [4.78, 5) is 36.5. The SMILES string of the molecule is C=C(C)C(=O)Oc1ccc(C#Cc2ccc(SC(=O)c3ccc(OC(=O)C(=C)C)cc3)cc2)cc1. The zero-order chi connectivity index (χ0) is 25.4. The molecule has 0 unspecified atom stereocenters. The zero-order valence-electron chi connectivity index (χ0n) is 19.3. The first-order chi connectivity index (χ1) is 16.7. The van der Waals surface area contributed by atoms with Crippen LogP contribution in [0.5, 0.6) is 11.5 Å². The number of benzene rings is 3. The van der Waals surface area contributed by atoms with Crippen LogP contribution in [-0.2, 0) is 9.59 Å². The van der Waals surface area contributed by atoms with Crippen molar-refractivity contribution in [3.8, 4) is 23.3 Å². The van der Waals surface area contributed by atoms with Crippen molar-refractivity contribution in [2.24, 2.45) is 0 Å². The van der Waals surface area contributed by atoms with Crippen LogP contribution in [0.2, 0.25) is 0 Å². The van der Waals surface area contributed by atoms with E-state index >= 15 is 0 Å². The first-order valence-corrected chi connectivity index (χ1v) is 11.3. The molecule has 6 heteroatoms. The molecule has 0 amide bonds. The van der Waals surface area contributed by atoms with E-state index in [1.807, 2.05) is 24.3 Å². The lowest BCUT2D eigenvalue weighted by Crippen LogP contribution is -2.08. The molecule has 0 atom stereocenters. The van der Waals surface area contributed by atoms with E-state index in [9.17, 15) is 14.4 Å². The van der Waals surface area contributed by atoms with Gasteiger partial charge in [0.25, 0.3) is 0 Å². The topological polar surface area (TPSA) is 69.7 Å². The van der Waals surface area contributed by atoms with E-state index in [2.05, 4.69) is 25.0 Å². The number of ether oxygens (including phenoxy) is 2. The molecule has 3 rings (SSSR count). The standard InChI is InChI=1S/C29H22O5S/c1-19(2)27(30)33-24-13-7-21(8-14-24)5-6-22-9-17-26(18-10-22)35-29(32)23-11-15-25(16-12-23)34-28(31)20(3)4/h7-18H,1,3H2,2,4H3. The molecule has 0 spiro atoms. The van der Waals surface area contributed by atoms with Crippen LogP contribution in [0.15, 0.2) is 102 Å². The summed E-state index contributed by atoms with van der Waals surface area (Å²) in [6.45, 7) is 10.2. The molecular formula is C29H22O5S. The Bertz CT molecular complexity index is 1340. The summed E-state index contributed by atoms with van der Waals surface area (Å²) >= 11 is 1.10. The largest absolute Gasteiger partial charge is 0.423 e. The lowest BCUT2D eigenvalue weighted by molar-refractivity contribution is -0.130. The Morgan fingerprint density at radius 3 is 1.49 bits per heavy atom. The summed E-state index contributed by atoms with van der Waals surface area (Å²) in [5, 5.41) is -0.131. The Balaban J connectivity index is 1.58. The number of carbonyl (C=O) groups excluding carboxylic acids is 3. The van der Waals surface area contributed by atoms with E-state index in [1.165, 1.54) is 0 Å². The molecule has 174 valence electrons. The van der Waals surface area contributed by atoms with Crippen LogP contribution < -0.4 is 9.47 Å². The smallest absolute Gasteiger partial charge is 0.338 e. The van der Waals surface area contributed by atoms with E-state index in [1.54, 1.807) is 62.4 Å². The molecule has 0 saturated carbocycles. The molecule has 0 aliphatic heterocycles. The summed E-state index contributed by atoms with van der Waals surface area (Å²) in [6, 6.07) is 20.6. The van der Waals surface area contributed by atoms with Gasteiger partial charge in [0.1, 0.15) is 11.5 Å². The molecule has 0 aliphatic carbocycles. The van der Waals surface area contributed by atoms with Crippen LogP contribution in [0.3, 0.4) is 0 Å². The number of thioether (sulfide) groups is 1.